The third kappa shape index (κ3) is 8.97. The van der Waals surface area contributed by atoms with Gasteiger partial charge in [0.1, 0.15) is 23.4 Å². The van der Waals surface area contributed by atoms with Crippen LogP contribution in [0.2, 0.25) is 0 Å². The molecule has 1 saturated heterocycles. The first-order valence-electron chi connectivity index (χ1n) is 15.5. The summed E-state index contributed by atoms with van der Waals surface area (Å²) >= 11 is 0. The van der Waals surface area contributed by atoms with Crippen LogP contribution in [0.25, 0.3) is 0 Å². The molecule has 1 unspecified atom stereocenters. The van der Waals surface area contributed by atoms with E-state index < -0.39 is 40.3 Å². The number of nitrogens with zero attached hydrogens (tertiary/aromatic N) is 2. The summed E-state index contributed by atoms with van der Waals surface area (Å²) in [6.45, 7) is 0.968. The summed E-state index contributed by atoms with van der Waals surface area (Å²) in [6.07, 6.45) is 0.208. The largest absolute Gasteiger partial charge is 0.496 e. The van der Waals surface area contributed by atoms with Gasteiger partial charge in [0.15, 0.2) is 6.61 Å². The minimum absolute atomic E-state index is 0.0127. The molecule has 4 aromatic carbocycles. The third-order valence-corrected chi connectivity index (χ3v) is 9.89. The molecule has 12 heteroatoms. The zero-order chi connectivity index (χ0) is 33.9. The molecule has 5 rings (SSSR count). The van der Waals surface area contributed by atoms with E-state index in [1.807, 2.05) is 48.5 Å². The molecule has 0 spiro atoms. The van der Waals surface area contributed by atoms with Crippen LogP contribution < -0.4 is 14.8 Å². The predicted octanol–water partition coefficient (Wildman–Crippen LogP) is 4.19. The monoisotopic (exact) mass is 675 g/mol. The lowest BCUT2D eigenvalue weighted by atomic mass is 10.0. The molecule has 0 radical (unpaired) electrons. The van der Waals surface area contributed by atoms with Gasteiger partial charge in [-0.25, -0.2) is 12.8 Å². The fourth-order valence-electron chi connectivity index (χ4n) is 5.36. The highest BCUT2D eigenvalue weighted by molar-refractivity contribution is 7.89. The van der Waals surface area contributed by atoms with Crippen molar-refractivity contribution in [1.29, 1.82) is 0 Å². The second kappa shape index (κ2) is 16.4. The minimum atomic E-state index is -3.70. The van der Waals surface area contributed by atoms with Gasteiger partial charge in [-0.15, -0.1) is 0 Å². The van der Waals surface area contributed by atoms with Gasteiger partial charge >= 0.3 is 0 Å². The number of nitrogens with one attached hydrogen (secondary N) is 1. The SMILES string of the molecule is COc1ccccc1CNC(=O)C(Cc1ccccc1)N(Cc1ccc(F)cc1)C(=O)COc1ccc(S(=O)(=O)N2CCOCC2)cc1. The van der Waals surface area contributed by atoms with Gasteiger partial charge in [-0.2, -0.15) is 4.31 Å². The summed E-state index contributed by atoms with van der Waals surface area (Å²) in [5, 5.41) is 2.96. The van der Waals surface area contributed by atoms with Crippen LogP contribution in [0.5, 0.6) is 11.5 Å². The highest BCUT2D eigenvalue weighted by atomic mass is 32.2. The molecule has 10 nitrogen and oxygen atoms in total. The summed E-state index contributed by atoms with van der Waals surface area (Å²) in [5.74, 6) is -0.398. The average Bonchev–Trinajstić information content (AvgIpc) is 3.13. The molecule has 0 saturated carbocycles. The lowest BCUT2D eigenvalue weighted by Gasteiger charge is -2.31. The van der Waals surface area contributed by atoms with Gasteiger partial charge < -0.3 is 24.4 Å². The van der Waals surface area contributed by atoms with Crippen LogP contribution in [0.15, 0.2) is 108 Å². The number of ether oxygens (including phenoxy) is 3. The summed E-state index contributed by atoms with van der Waals surface area (Å²) < 4.78 is 57.7. The summed E-state index contributed by atoms with van der Waals surface area (Å²) in [6, 6.07) is 27.3. The number of hydrogen-bond donors (Lipinski definition) is 1. The van der Waals surface area contributed by atoms with E-state index >= 15 is 0 Å². The number of methoxy groups -OCH3 is 1. The lowest BCUT2D eigenvalue weighted by molar-refractivity contribution is -0.142. The fraction of sp³-hybridized carbons (Fsp3) is 0.278. The van der Waals surface area contributed by atoms with Gasteiger partial charge in [-0.3, -0.25) is 9.59 Å². The van der Waals surface area contributed by atoms with E-state index in [1.165, 1.54) is 45.6 Å². The van der Waals surface area contributed by atoms with Crippen molar-refractivity contribution in [2.75, 3.05) is 40.0 Å². The Morgan fingerprint density at radius 3 is 2.25 bits per heavy atom. The van der Waals surface area contributed by atoms with Crippen LogP contribution in [-0.2, 0) is 43.9 Å². The molecule has 4 aromatic rings. The molecule has 1 atom stereocenters. The Morgan fingerprint density at radius 1 is 0.896 bits per heavy atom. The maximum atomic E-state index is 13.9. The van der Waals surface area contributed by atoms with E-state index in [4.69, 9.17) is 14.2 Å². The number of hydrogen-bond acceptors (Lipinski definition) is 7. The molecular weight excluding hydrogens is 637 g/mol. The molecule has 0 aliphatic carbocycles. The summed E-state index contributed by atoms with van der Waals surface area (Å²) in [4.78, 5) is 29.4. The molecule has 252 valence electrons. The average molecular weight is 676 g/mol. The van der Waals surface area contributed by atoms with E-state index in [2.05, 4.69) is 5.32 Å². The van der Waals surface area contributed by atoms with Gasteiger partial charge in [-0.05, 0) is 53.6 Å². The van der Waals surface area contributed by atoms with Crippen LogP contribution >= 0.6 is 0 Å². The second-order valence-corrected chi connectivity index (χ2v) is 13.1. The molecule has 48 heavy (non-hydrogen) atoms. The first-order chi connectivity index (χ1) is 23.2. The number of halogens is 1. The van der Waals surface area contributed by atoms with E-state index in [0.717, 1.165) is 11.1 Å². The van der Waals surface area contributed by atoms with Crippen LogP contribution in [0, 0.1) is 5.82 Å². The van der Waals surface area contributed by atoms with Gasteiger partial charge in [0, 0.05) is 38.2 Å². The second-order valence-electron chi connectivity index (χ2n) is 11.2. The van der Waals surface area contributed by atoms with E-state index in [0.29, 0.717) is 24.5 Å². The van der Waals surface area contributed by atoms with Crippen molar-refractivity contribution >= 4 is 21.8 Å². The molecule has 1 aliphatic rings. The highest BCUT2D eigenvalue weighted by Gasteiger charge is 2.31. The molecule has 0 bridgehead atoms. The molecule has 2 amide bonds. The van der Waals surface area contributed by atoms with Crippen molar-refractivity contribution in [2.45, 2.75) is 30.4 Å². The van der Waals surface area contributed by atoms with Crippen molar-refractivity contribution in [3.63, 3.8) is 0 Å². The van der Waals surface area contributed by atoms with Gasteiger partial charge in [-0.1, -0.05) is 60.7 Å². The summed E-state index contributed by atoms with van der Waals surface area (Å²) in [5.41, 5.74) is 2.23. The normalized spacial score (nSPS) is 14.1. The van der Waals surface area contributed by atoms with Crippen LogP contribution in [0.4, 0.5) is 4.39 Å². The molecule has 1 heterocycles. The van der Waals surface area contributed by atoms with E-state index in [9.17, 15) is 22.4 Å². The molecular formula is C36H38FN3O7S. The topological polar surface area (TPSA) is 114 Å². The molecule has 1 fully saturated rings. The fourth-order valence-corrected chi connectivity index (χ4v) is 6.77. The van der Waals surface area contributed by atoms with Gasteiger partial charge in [0.25, 0.3) is 5.91 Å². The maximum Gasteiger partial charge on any atom is 0.261 e. The number of benzene rings is 4. The number of carbonyl (C=O) groups excluding carboxylic acids is 2. The predicted molar refractivity (Wildman–Crippen MR) is 177 cm³/mol. The van der Waals surface area contributed by atoms with E-state index in [-0.39, 0.29) is 43.2 Å². The third-order valence-electron chi connectivity index (χ3n) is 7.98. The highest BCUT2D eigenvalue weighted by Crippen LogP contribution is 2.22. The lowest BCUT2D eigenvalue weighted by Crippen LogP contribution is -2.51. The smallest absolute Gasteiger partial charge is 0.261 e. The van der Waals surface area contributed by atoms with Gasteiger partial charge in [0.2, 0.25) is 15.9 Å². The molecule has 0 aromatic heterocycles. The first kappa shape index (κ1) is 34.6. The Hall–Kier alpha value is -4.78. The number of carbonyl (C=O) groups is 2. The van der Waals surface area contributed by atoms with Crippen molar-refractivity contribution in [2.24, 2.45) is 0 Å². The number of para-hydroxylation sites is 1. The Kier molecular flexibility index (Phi) is 11.8. The quantitative estimate of drug-likeness (QED) is 0.213. The zero-order valence-electron chi connectivity index (χ0n) is 26.6. The number of sulfonamides is 1. The Bertz CT molecular complexity index is 1770. The van der Waals surface area contributed by atoms with E-state index in [1.54, 1.807) is 25.3 Å². The number of morpholine rings is 1. The van der Waals surface area contributed by atoms with Crippen molar-refractivity contribution in [3.8, 4) is 11.5 Å². The van der Waals surface area contributed by atoms with Crippen molar-refractivity contribution < 1.29 is 36.6 Å². The number of amides is 2. The van der Waals surface area contributed by atoms with Crippen LogP contribution in [0.3, 0.4) is 0 Å². The first-order valence-corrected chi connectivity index (χ1v) is 17.0. The summed E-state index contributed by atoms with van der Waals surface area (Å²) in [7, 11) is -2.14. The minimum Gasteiger partial charge on any atom is -0.496 e. The van der Waals surface area contributed by atoms with Crippen LogP contribution in [-0.4, -0.2) is 75.5 Å². The van der Waals surface area contributed by atoms with Crippen molar-refractivity contribution in [1.82, 2.24) is 14.5 Å². The van der Waals surface area contributed by atoms with Gasteiger partial charge in [0.05, 0.1) is 25.2 Å². The zero-order valence-corrected chi connectivity index (χ0v) is 27.4. The Labute approximate surface area is 280 Å². The standard InChI is InChI=1S/C36H38FN3O7S/c1-45-34-10-6-5-9-29(34)24-38-36(42)33(23-27-7-3-2-4-8-27)40(25-28-11-13-30(37)14-12-28)35(41)26-47-31-15-17-32(18-16-31)48(43,44)39-19-21-46-22-20-39/h2-18,33H,19-26H2,1H3,(H,38,42). The van der Waals surface area contributed by atoms with Crippen LogP contribution in [0.1, 0.15) is 16.7 Å². The number of rotatable bonds is 14. The molecule has 1 N–H and O–H groups in total. The Balaban J connectivity index is 1.37. The van der Waals surface area contributed by atoms with Crippen molar-refractivity contribution in [3.05, 3.63) is 126 Å². The Morgan fingerprint density at radius 2 is 1.56 bits per heavy atom. The molecule has 1 aliphatic heterocycles. The maximum absolute atomic E-state index is 13.9.